The number of halogens is 1. The fourth-order valence-corrected chi connectivity index (χ4v) is 8.32. The standard InChI is InChI=1S/C23H35BrN2O2.C16H21N3O3/c1-4-23(3)9-13-25(14-10-23)19-7-11-26(12-8-19)22(28)17(2)15-18-5-6-21(27)20(24)16-18;1-22-16(21)18-9-7-13(8-10-18)19-11-6-12-4-2-3-5-14(12)17-15(19)20/h5-6,16-17,19,27H,4,7-15H2,1-3H3;2-5,13H,6-11H2,1H3,(H,17,20)/t17-;/m1./s1. The second-order valence-electron chi connectivity index (χ2n) is 14.9. The number of benzene rings is 2. The monoisotopic (exact) mass is 753 g/mol. The highest BCUT2D eigenvalue weighted by Gasteiger charge is 2.34. The Hall–Kier alpha value is -3.31. The topological polar surface area (TPSA) is 106 Å². The van der Waals surface area contributed by atoms with Gasteiger partial charge in [-0.25, -0.2) is 9.59 Å². The highest BCUT2D eigenvalue weighted by atomic mass is 79.9. The van der Waals surface area contributed by atoms with E-state index in [1.165, 1.54) is 45.0 Å². The Labute approximate surface area is 306 Å². The number of urea groups is 1. The minimum atomic E-state index is -0.286. The van der Waals surface area contributed by atoms with Gasteiger partial charge in [-0.2, -0.15) is 0 Å². The number of para-hydroxylation sites is 1. The Morgan fingerprint density at radius 2 is 1.60 bits per heavy atom. The van der Waals surface area contributed by atoms with Crippen LogP contribution >= 0.6 is 15.9 Å². The number of carbonyl (C=O) groups excluding carboxylic acids is 3. The molecule has 4 aliphatic heterocycles. The molecule has 4 heterocycles. The first-order chi connectivity index (χ1) is 24.0. The molecule has 3 fully saturated rings. The quantitative estimate of drug-likeness (QED) is 0.325. The van der Waals surface area contributed by atoms with Gasteiger partial charge in [0.15, 0.2) is 0 Å². The van der Waals surface area contributed by atoms with Crippen LogP contribution in [0.3, 0.4) is 0 Å². The van der Waals surface area contributed by atoms with Crippen LogP contribution in [0.2, 0.25) is 0 Å². The third-order valence-electron chi connectivity index (χ3n) is 11.6. The summed E-state index contributed by atoms with van der Waals surface area (Å²) in [4.78, 5) is 45.2. The molecular weight excluding hydrogens is 698 g/mol. The zero-order valence-corrected chi connectivity index (χ0v) is 31.9. The van der Waals surface area contributed by atoms with Crippen LogP contribution in [-0.4, -0.2) is 108 Å². The molecule has 0 aromatic heterocycles. The fourth-order valence-electron chi connectivity index (χ4n) is 7.89. The van der Waals surface area contributed by atoms with E-state index in [0.29, 0.717) is 42.0 Å². The first kappa shape index (κ1) is 37.9. The van der Waals surface area contributed by atoms with Crippen molar-refractivity contribution in [1.29, 1.82) is 0 Å². The zero-order valence-electron chi connectivity index (χ0n) is 30.3. The number of anilines is 1. The van der Waals surface area contributed by atoms with Crippen LogP contribution in [0.15, 0.2) is 46.9 Å². The molecule has 4 amide bonds. The van der Waals surface area contributed by atoms with E-state index in [9.17, 15) is 19.5 Å². The maximum Gasteiger partial charge on any atom is 0.409 e. The van der Waals surface area contributed by atoms with Gasteiger partial charge in [0.05, 0.1) is 11.6 Å². The number of phenolic OH excluding ortho intramolecular Hbond substituents is 1. The summed E-state index contributed by atoms with van der Waals surface area (Å²) in [6.07, 6.45) is 8.96. The molecule has 50 heavy (non-hydrogen) atoms. The second-order valence-corrected chi connectivity index (χ2v) is 15.7. The van der Waals surface area contributed by atoms with E-state index in [1.54, 1.807) is 11.0 Å². The average molecular weight is 755 g/mol. The van der Waals surface area contributed by atoms with Gasteiger partial charge >= 0.3 is 12.1 Å². The normalized spacial score (nSPS) is 20.9. The number of likely N-dealkylation sites (tertiary alicyclic amines) is 3. The van der Waals surface area contributed by atoms with E-state index in [2.05, 4.69) is 51.0 Å². The lowest BCUT2D eigenvalue weighted by atomic mass is 9.77. The van der Waals surface area contributed by atoms with Gasteiger partial charge in [0.1, 0.15) is 5.75 Å². The Morgan fingerprint density at radius 1 is 0.960 bits per heavy atom. The van der Waals surface area contributed by atoms with Gasteiger partial charge in [-0.15, -0.1) is 0 Å². The Balaban J connectivity index is 0.000000200. The van der Waals surface area contributed by atoms with Crippen LogP contribution in [0.5, 0.6) is 5.75 Å². The predicted molar refractivity (Wildman–Crippen MR) is 200 cm³/mol. The second kappa shape index (κ2) is 17.3. The number of nitrogens with zero attached hydrogens (tertiary/aromatic N) is 4. The minimum Gasteiger partial charge on any atom is -0.507 e. The summed E-state index contributed by atoms with van der Waals surface area (Å²) in [5.41, 5.74) is 3.69. The number of phenols is 1. The lowest BCUT2D eigenvalue weighted by Crippen LogP contribution is -2.51. The molecule has 0 unspecified atom stereocenters. The molecule has 2 N–H and O–H groups in total. The van der Waals surface area contributed by atoms with E-state index < -0.39 is 0 Å². The molecule has 3 saturated heterocycles. The van der Waals surface area contributed by atoms with E-state index in [-0.39, 0.29) is 35.7 Å². The van der Waals surface area contributed by atoms with E-state index in [1.807, 2.05) is 42.2 Å². The van der Waals surface area contributed by atoms with Gasteiger partial charge in [0.2, 0.25) is 5.91 Å². The number of fused-ring (bicyclic) bond motifs is 1. The summed E-state index contributed by atoms with van der Waals surface area (Å²) in [5, 5.41) is 12.6. The molecule has 2 aromatic rings. The number of nitrogens with one attached hydrogen (secondary N) is 1. The van der Waals surface area contributed by atoms with Gasteiger partial charge < -0.3 is 34.8 Å². The summed E-state index contributed by atoms with van der Waals surface area (Å²) < 4.78 is 5.43. The van der Waals surface area contributed by atoms with Crippen molar-refractivity contribution in [3.63, 3.8) is 0 Å². The summed E-state index contributed by atoms with van der Waals surface area (Å²) in [7, 11) is 1.40. The predicted octanol–water partition coefficient (Wildman–Crippen LogP) is 7.14. The number of ether oxygens (including phenoxy) is 1. The molecular formula is C39H56BrN5O5. The maximum absolute atomic E-state index is 12.9. The van der Waals surface area contributed by atoms with Crippen molar-refractivity contribution < 1.29 is 24.2 Å². The first-order valence-electron chi connectivity index (χ1n) is 18.5. The summed E-state index contributed by atoms with van der Waals surface area (Å²) in [5.74, 6) is 0.467. The number of methoxy groups -OCH3 is 1. The molecule has 6 rings (SSSR count). The van der Waals surface area contributed by atoms with Gasteiger partial charge in [-0.1, -0.05) is 51.5 Å². The maximum atomic E-state index is 12.9. The lowest BCUT2D eigenvalue weighted by Gasteiger charge is -2.45. The van der Waals surface area contributed by atoms with Crippen molar-refractivity contribution in [2.24, 2.45) is 11.3 Å². The van der Waals surface area contributed by atoms with Crippen molar-refractivity contribution in [3.05, 3.63) is 58.1 Å². The van der Waals surface area contributed by atoms with E-state index in [4.69, 9.17) is 4.74 Å². The van der Waals surface area contributed by atoms with Crippen LogP contribution < -0.4 is 5.32 Å². The SMILES string of the molecule is CCC1(C)CCN(C2CCN(C(=O)[C@H](C)Cc3ccc(O)c(Br)c3)CC2)CC1.COC(=O)N1CCC(N2CCc3ccccc3NC2=O)CC1. The smallest absolute Gasteiger partial charge is 0.409 e. The average Bonchev–Trinajstić information content (AvgIpc) is 3.31. The van der Waals surface area contributed by atoms with Crippen LogP contribution in [0.4, 0.5) is 15.3 Å². The van der Waals surface area contributed by atoms with Crippen LogP contribution in [-0.2, 0) is 22.4 Å². The van der Waals surface area contributed by atoms with Crippen molar-refractivity contribution in [3.8, 4) is 5.75 Å². The number of rotatable bonds is 6. The van der Waals surface area contributed by atoms with Gasteiger partial charge in [-0.3, -0.25) is 4.79 Å². The van der Waals surface area contributed by atoms with Gasteiger partial charge in [-0.05, 0) is 115 Å². The Morgan fingerprint density at radius 3 is 2.24 bits per heavy atom. The fraction of sp³-hybridized carbons (Fsp3) is 0.615. The summed E-state index contributed by atoms with van der Waals surface area (Å²) in [6.45, 7) is 12.9. The van der Waals surface area contributed by atoms with Crippen LogP contribution in [0.1, 0.15) is 76.8 Å². The molecule has 0 aliphatic carbocycles. The van der Waals surface area contributed by atoms with Gasteiger partial charge in [0, 0.05) is 56.4 Å². The highest BCUT2D eigenvalue weighted by Crippen LogP contribution is 2.36. The van der Waals surface area contributed by atoms with Gasteiger partial charge in [0.25, 0.3) is 0 Å². The molecule has 10 nitrogen and oxygen atoms in total. The highest BCUT2D eigenvalue weighted by molar-refractivity contribution is 9.10. The molecule has 11 heteroatoms. The number of hydrogen-bond acceptors (Lipinski definition) is 6. The number of hydrogen-bond donors (Lipinski definition) is 2. The lowest BCUT2D eigenvalue weighted by molar-refractivity contribution is -0.136. The van der Waals surface area contributed by atoms with E-state index >= 15 is 0 Å². The van der Waals surface area contributed by atoms with Crippen molar-refractivity contribution in [2.75, 3.05) is 58.2 Å². The first-order valence-corrected chi connectivity index (χ1v) is 19.3. The molecule has 0 radical (unpaired) electrons. The Kier molecular flexibility index (Phi) is 13.1. The third-order valence-corrected chi connectivity index (χ3v) is 12.2. The molecule has 0 saturated carbocycles. The summed E-state index contributed by atoms with van der Waals surface area (Å²) >= 11 is 3.36. The number of amides is 4. The third kappa shape index (κ3) is 9.51. The molecule has 1 atom stereocenters. The molecule has 274 valence electrons. The van der Waals surface area contributed by atoms with Crippen molar-refractivity contribution in [2.45, 2.75) is 90.6 Å². The molecule has 0 spiro atoms. The van der Waals surface area contributed by atoms with E-state index in [0.717, 1.165) is 56.4 Å². The minimum absolute atomic E-state index is 0.0340. The largest absolute Gasteiger partial charge is 0.507 e. The number of piperidine rings is 3. The molecule has 4 aliphatic rings. The summed E-state index contributed by atoms with van der Waals surface area (Å²) in [6, 6.07) is 14.2. The van der Waals surface area contributed by atoms with Crippen LogP contribution in [0.25, 0.3) is 0 Å². The number of aromatic hydroxyl groups is 1. The number of carbonyl (C=O) groups is 3. The Bertz CT molecular complexity index is 1460. The van der Waals surface area contributed by atoms with Crippen molar-refractivity contribution in [1.82, 2.24) is 19.6 Å². The molecule has 2 aromatic carbocycles. The zero-order chi connectivity index (χ0) is 35.8. The van der Waals surface area contributed by atoms with Crippen LogP contribution in [0, 0.1) is 11.3 Å². The molecule has 0 bridgehead atoms. The van der Waals surface area contributed by atoms with Crippen molar-refractivity contribution >= 4 is 39.6 Å².